The van der Waals surface area contributed by atoms with Crippen molar-refractivity contribution >= 4 is 16.4 Å². The van der Waals surface area contributed by atoms with Crippen LogP contribution in [-0.4, -0.2) is 31.7 Å². The second-order valence-corrected chi connectivity index (χ2v) is 7.27. The summed E-state index contributed by atoms with van der Waals surface area (Å²) in [6.45, 7) is 3.70. The van der Waals surface area contributed by atoms with E-state index < -0.39 is 22.5 Å². The van der Waals surface area contributed by atoms with Gasteiger partial charge in [0.05, 0.1) is 6.61 Å². The highest BCUT2D eigenvalue weighted by Crippen LogP contribution is 2.12. The average molecular weight is 367 g/mol. The third kappa shape index (κ3) is 16.2. The van der Waals surface area contributed by atoms with Crippen molar-refractivity contribution in [1.82, 2.24) is 0 Å². The first-order valence-electron chi connectivity index (χ1n) is 9.19. The molecule has 1 atom stereocenters. The van der Waals surface area contributed by atoms with E-state index in [1.54, 1.807) is 0 Å². The van der Waals surface area contributed by atoms with E-state index in [0.29, 0.717) is 0 Å². The highest BCUT2D eigenvalue weighted by Gasteiger charge is 2.21. The minimum absolute atomic E-state index is 0.245. The smallest absolute Gasteiger partial charge is 0.398 e. The molecule has 0 aliphatic heterocycles. The van der Waals surface area contributed by atoms with Crippen molar-refractivity contribution in [2.45, 2.75) is 97.0 Å². The average Bonchev–Trinajstić information content (AvgIpc) is 2.50. The number of ether oxygens (including phenoxy) is 1. The molecule has 144 valence electrons. The standard InChI is InChI=1S/C17H34O6S/c1-3-4-5-6-7-8-9-10-11-12-13-14-15-22-17(18)16(2)23-24(19,20)21/h16H,3-15H2,1-2H3,(H,19,20,21). The van der Waals surface area contributed by atoms with Gasteiger partial charge in [-0.05, 0) is 13.3 Å². The number of esters is 1. The lowest BCUT2D eigenvalue weighted by Gasteiger charge is -2.10. The van der Waals surface area contributed by atoms with E-state index in [-0.39, 0.29) is 6.61 Å². The Bertz CT molecular complexity index is 407. The molecule has 0 saturated carbocycles. The summed E-state index contributed by atoms with van der Waals surface area (Å²) >= 11 is 0. The van der Waals surface area contributed by atoms with E-state index in [1.165, 1.54) is 64.7 Å². The van der Waals surface area contributed by atoms with E-state index >= 15 is 0 Å². The summed E-state index contributed by atoms with van der Waals surface area (Å²) < 4.78 is 38.4. The van der Waals surface area contributed by atoms with Crippen LogP contribution in [0.15, 0.2) is 0 Å². The monoisotopic (exact) mass is 366 g/mol. The summed E-state index contributed by atoms with van der Waals surface area (Å²) in [7, 11) is -4.63. The van der Waals surface area contributed by atoms with E-state index in [9.17, 15) is 13.2 Å². The Morgan fingerprint density at radius 2 is 1.29 bits per heavy atom. The van der Waals surface area contributed by atoms with Gasteiger partial charge in [0.1, 0.15) is 0 Å². The van der Waals surface area contributed by atoms with Gasteiger partial charge < -0.3 is 4.74 Å². The molecule has 7 heteroatoms. The fraction of sp³-hybridized carbons (Fsp3) is 0.941. The van der Waals surface area contributed by atoms with Gasteiger partial charge in [-0.2, -0.15) is 8.42 Å². The fourth-order valence-electron chi connectivity index (χ4n) is 2.45. The third-order valence-corrected chi connectivity index (χ3v) is 4.37. The normalized spacial score (nSPS) is 13.0. The minimum atomic E-state index is -4.63. The van der Waals surface area contributed by atoms with Gasteiger partial charge in [-0.3, -0.25) is 4.55 Å². The molecule has 0 fully saturated rings. The molecular formula is C17H34O6S. The van der Waals surface area contributed by atoms with Crippen molar-refractivity contribution in [1.29, 1.82) is 0 Å². The molecule has 24 heavy (non-hydrogen) atoms. The quantitative estimate of drug-likeness (QED) is 0.247. The maximum absolute atomic E-state index is 11.4. The number of rotatable bonds is 16. The topological polar surface area (TPSA) is 89.9 Å². The van der Waals surface area contributed by atoms with Gasteiger partial charge in [0.25, 0.3) is 0 Å². The second-order valence-electron chi connectivity index (χ2n) is 6.22. The number of hydrogen-bond acceptors (Lipinski definition) is 5. The zero-order valence-corrected chi connectivity index (χ0v) is 16.0. The van der Waals surface area contributed by atoms with Crippen LogP contribution in [0.25, 0.3) is 0 Å². The molecule has 0 aromatic carbocycles. The number of hydrogen-bond donors (Lipinski definition) is 1. The Morgan fingerprint density at radius 1 is 0.875 bits per heavy atom. The summed E-state index contributed by atoms with van der Waals surface area (Å²) in [6, 6.07) is 0. The molecule has 0 aromatic rings. The van der Waals surface area contributed by atoms with Crippen LogP contribution in [0.3, 0.4) is 0 Å². The lowest BCUT2D eigenvalue weighted by atomic mass is 10.1. The highest BCUT2D eigenvalue weighted by molar-refractivity contribution is 7.80. The van der Waals surface area contributed by atoms with Crippen LogP contribution >= 0.6 is 0 Å². The molecule has 0 spiro atoms. The summed E-state index contributed by atoms with van der Waals surface area (Å²) in [4.78, 5) is 11.4. The van der Waals surface area contributed by atoms with Crippen LogP contribution in [0.4, 0.5) is 0 Å². The van der Waals surface area contributed by atoms with Crippen molar-refractivity contribution in [3.05, 3.63) is 0 Å². The molecule has 6 nitrogen and oxygen atoms in total. The Balaban J connectivity index is 3.34. The Kier molecular flexibility index (Phi) is 14.3. The Labute approximate surface area is 147 Å². The largest absolute Gasteiger partial charge is 0.464 e. The van der Waals surface area contributed by atoms with Crippen molar-refractivity contribution in [3.8, 4) is 0 Å². The van der Waals surface area contributed by atoms with Crippen LogP contribution in [0, 0.1) is 0 Å². The van der Waals surface area contributed by atoms with Gasteiger partial charge >= 0.3 is 16.4 Å². The van der Waals surface area contributed by atoms with Gasteiger partial charge in [-0.1, -0.05) is 77.6 Å². The Hall–Kier alpha value is -0.660. The van der Waals surface area contributed by atoms with E-state index in [0.717, 1.165) is 19.3 Å². The maximum atomic E-state index is 11.4. The van der Waals surface area contributed by atoms with Gasteiger partial charge in [-0.15, -0.1) is 0 Å². The van der Waals surface area contributed by atoms with E-state index in [1.807, 2.05) is 0 Å². The molecule has 0 aromatic heterocycles. The number of unbranched alkanes of at least 4 members (excludes halogenated alkanes) is 11. The van der Waals surface area contributed by atoms with E-state index in [2.05, 4.69) is 11.1 Å². The molecule has 0 aliphatic rings. The molecule has 0 rings (SSSR count). The summed E-state index contributed by atoms with van der Waals surface area (Å²) in [6.07, 6.45) is 13.3. The molecule has 0 radical (unpaired) electrons. The van der Waals surface area contributed by atoms with Crippen molar-refractivity contribution in [2.75, 3.05) is 6.61 Å². The van der Waals surface area contributed by atoms with Crippen LogP contribution in [-0.2, 0) is 24.1 Å². The first-order valence-corrected chi connectivity index (χ1v) is 10.6. The summed E-state index contributed by atoms with van der Waals surface area (Å²) in [5.74, 6) is -0.782. The predicted molar refractivity (Wildman–Crippen MR) is 94.1 cm³/mol. The minimum Gasteiger partial charge on any atom is -0.464 e. The van der Waals surface area contributed by atoms with Crippen molar-refractivity contribution in [2.24, 2.45) is 0 Å². The van der Waals surface area contributed by atoms with Gasteiger partial charge in [0.2, 0.25) is 0 Å². The van der Waals surface area contributed by atoms with Crippen molar-refractivity contribution < 1.29 is 26.7 Å². The molecule has 1 unspecified atom stereocenters. The zero-order valence-electron chi connectivity index (χ0n) is 15.2. The van der Waals surface area contributed by atoms with Gasteiger partial charge in [-0.25, -0.2) is 8.98 Å². The summed E-state index contributed by atoms with van der Waals surface area (Å²) in [5.41, 5.74) is 0. The molecule has 0 bridgehead atoms. The third-order valence-electron chi connectivity index (χ3n) is 3.84. The van der Waals surface area contributed by atoms with Crippen LogP contribution < -0.4 is 0 Å². The van der Waals surface area contributed by atoms with Crippen molar-refractivity contribution in [3.63, 3.8) is 0 Å². The predicted octanol–water partition coefficient (Wildman–Crippen LogP) is 4.44. The molecule has 0 aliphatic carbocycles. The van der Waals surface area contributed by atoms with Gasteiger partial charge in [0.15, 0.2) is 6.10 Å². The fourth-order valence-corrected chi connectivity index (χ4v) is 2.90. The number of carbonyl (C=O) groups is 1. The van der Waals surface area contributed by atoms with Crippen LogP contribution in [0.2, 0.25) is 0 Å². The van der Waals surface area contributed by atoms with Crippen LogP contribution in [0.1, 0.15) is 90.9 Å². The number of carbonyl (C=O) groups excluding carboxylic acids is 1. The van der Waals surface area contributed by atoms with Gasteiger partial charge in [0, 0.05) is 0 Å². The zero-order chi connectivity index (χ0) is 18.3. The molecular weight excluding hydrogens is 332 g/mol. The molecule has 0 heterocycles. The Morgan fingerprint density at radius 3 is 1.71 bits per heavy atom. The molecule has 0 saturated heterocycles. The van der Waals surface area contributed by atoms with Crippen LogP contribution in [0.5, 0.6) is 0 Å². The highest BCUT2D eigenvalue weighted by atomic mass is 32.3. The molecule has 0 amide bonds. The lowest BCUT2D eigenvalue weighted by molar-refractivity contribution is -0.151. The first kappa shape index (κ1) is 23.3. The SMILES string of the molecule is CCCCCCCCCCCCCCOC(=O)C(C)OS(=O)(=O)O. The van der Waals surface area contributed by atoms with E-state index in [4.69, 9.17) is 9.29 Å². The lowest BCUT2D eigenvalue weighted by Crippen LogP contribution is -2.26. The maximum Gasteiger partial charge on any atom is 0.398 e. The first-order chi connectivity index (χ1) is 11.4. The second kappa shape index (κ2) is 14.7. The summed E-state index contributed by atoms with van der Waals surface area (Å²) in [5, 5.41) is 0. The molecule has 1 N–H and O–H groups in total.